The molecule has 7 N–H and O–H groups in total. The molecule has 18 nitrogen and oxygen atoms in total. The fourth-order valence-corrected chi connectivity index (χ4v) is 4.14. The Morgan fingerprint density at radius 1 is 0.703 bits per heavy atom. The zero-order chi connectivity index (χ0) is 28.4. The topological polar surface area (TPSA) is 266 Å². The minimum atomic E-state index is -4.45. The van der Waals surface area contributed by atoms with E-state index >= 15 is 0 Å². The maximum Gasteiger partial charge on any atom is 0.474 e. The van der Waals surface area contributed by atoms with E-state index in [0.29, 0.717) is 0 Å². The molecule has 0 radical (unpaired) electrons. The first kappa shape index (κ1) is 36.2. The molecule has 0 aromatic rings. The smallest absolute Gasteiger partial charge is 0.370 e. The molecule has 2 amide bonds. The summed E-state index contributed by atoms with van der Waals surface area (Å²) in [6, 6.07) is 0. The Balaban J connectivity index is 4.39. The van der Waals surface area contributed by atoms with Crippen molar-refractivity contribution in [2.75, 3.05) is 47.0 Å². The van der Waals surface area contributed by atoms with Gasteiger partial charge in [0.2, 0.25) is 11.8 Å². The van der Waals surface area contributed by atoms with Crippen LogP contribution in [0, 0.1) is 0 Å². The number of nitrogens with one attached hydrogen (secondary N) is 2. The number of unbranched alkanes of at least 4 members (excludes halogenated alkanes) is 2. The fourth-order valence-electron chi connectivity index (χ4n) is 2.37. The molecule has 0 aliphatic carbocycles. The van der Waals surface area contributed by atoms with Crippen molar-refractivity contribution >= 4 is 35.3 Å². The van der Waals surface area contributed by atoms with Crippen molar-refractivity contribution in [3.63, 3.8) is 0 Å². The van der Waals surface area contributed by atoms with Gasteiger partial charge in [0, 0.05) is 33.0 Å². The normalized spacial score (nSPS) is 17.2. The van der Waals surface area contributed by atoms with Crippen molar-refractivity contribution in [3.05, 3.63) is 0 Å². The van der Waals surface area contributed by atoms with Gasteiger partial charge in [-0.05, 0) is 25.7 Å². The second-order valence-corrected chi connectivity index (χ2v) is 11.4. The summed E-state index contributed by atoms with van der Waals surface area (Å²) in [4.78, 5) is 51.8. The van der Waals surface area contributed by atoms with Gasteiger partial charge in [0.1, 0.15) is 6.10 Å². The van der Waals surface area contributed by atoms with Gasteiger partial charge in [0.25, 0.3) is 0 Å². The third-order valence-electron chi connectivity index (χ3n) is 4.11. The minimum Gasteiger partial charge on any atom is -0.370 e. The average molecular weight is 604 g/mol. The molecule has 37 heavy (non-hydrogen) atoms. The molecule has 0 aromatic heterocycles. The highest BCUT2D eigenvalue weighted by Crippen LogP contribution is 2.44. The summed E-state index contributed by atoms with van der Waals surface area (Å²) >= 11 is 0. The van der Waals surface area contributed by atoms with E-state index in [-0.39, 0.29) is 64.8 Å². The summed E-state index contributed by atoms with van der Waals surface area (Å²) in [6.07, 6.45) is -0.238. The van der Waals surface area contributed by atoms with Gasteiger partial charge in [0.15, 0.2) is 13.6 Å². The molecule has 0 aliphatic rings. The molecule has 0 fully saturated rings. The van der Waals surface area contributed by atoms with Gasteiger partial charge in [0.05, 0.1) is 13.2 Å². The number of hydrogen-bond acceptors (Lipinski definition) is 13. The quantitative estimate of drug-likeness (QED) is 0.0454. The molecule has 0 spiro atoms. The van der Waals surface area contributed by atoms with Gasteiger partial charge in [-0.3, -0.25) is 36.7 Å². The second kappa shape index (κ2) is 19.3. The van der Waals surface area contributed by atoms with Gasteiger partial charge in [-0.1, -0.05) is 0 Å². The number of hydrogen-bond donors (Lipinski definition) is 7. The first-order chi connectivity index (χ1) is 17.3. The third kappa shape index (κ3) is 20.8. The summed E-state index contributed by atoms with van der Waals surface area (Å²) < 4.78 is 60.8. The number of carbonyl (C=O) groups excluding carboxylic acids is 2. The van der Waals surface area contributed by atoms with E-state index in [0.717, 1.165) is 7.11 Å². The zero-order valence-corrected chi connectivity index (χ0v) is 22.8. The van der Waals surface area contributed by atoms with Gasteiger partial charge in [-0.2, -0.15) is 0 Å². The largest absolute Gasteiger partial charge is 0.474 e. The molecule has 3 atom stereocenters. The summed E-state index contributed by atoms with van der Waals surface area (Å²) in [5.74, 6) is -0.953. The first-order valence-electron chi connectivity index (χ1n) is 10.8. The minimum absolute atomic E-state index is 0.0216. The van der Waals surface area contributed by atoms with Gasteiger partial charge in [-0.15, -0.1) is 0 Å². The summed E-state index contributed by atoms with van der Waals surface area (Å²) in [5, 5.41) is 21.8. The van der Waals surface area contributed by atoms with E-state index in [1.807, 2.05) is 0 Å². The molecule has 3 unspecified atom stereocenters. The monoisotopic (exact) mass is 604 g/mol. The van der Waals surface area contributed by atoms with Crippen LogP contribution in [0.4, 0.5) is 0 Å². The van der Waals surface area contributed by atoms with E-state index < -0.39 is 55.0 Å². The van der Waals surface area contributed by atoms with E-state index in [1.165, 1.54) is 0 Å². The van der Waals surface area contributed by atoms with Crippen molar-refractivity contribution in [1.29, 1.82) is 0 Å². The molecule has 21 heteroatoms. The highest BCUT2D eigenvalue weighted by atomic mass is 31.2. The number of aliphatic hydroxyl groups excluding tert-OH is 2. The Morgan fingerprint density at radius 2 is 1.11 bits per heavy atom. The lowest BCUT2D eigenvalue weighted by molar-refractivity contribution is -0.121. The van der Waals surface area contributed by atoms with Crippen molar-refractivity contribution in [2.45, 2.75) is 44.6 Å². The number of phosphoric acid groups is 3. The van der Waals surface area contributed by atoms with Crippen LogP contribution in [0.15, 0.2) is 0 Å². The van der Waals surface area contributed by atoms with Gasteiger partial charge >= 0.3 is 23.5 Å². The molecule has 0 heterocycles. The highest BCUT2D eigenvalue weighted by molar-refractivity contribution is 7.47. The maximum absolute atomic E-state index is 12.0. The Labute approximate surface area is 213 Å². The molecule has 220 valence electrons. The molecule has 0 aliphatic heterocycles. The average Bonchev–Trinajstić information content (AvgIpc) is 2.80. The van der Waals surface area contributed by atoms with Crippen LogP contribution >= 0.6 is 23.5 Å². The molecule has 0 saturated carbocycles. The van der Waals surface area contributed by atoms with Crippen molar-refractivity contribution in [1.82, 2.24) is 10.6 Å². The standard InChI is InChI=1S/C16H35N2O16P3/c1-29-35(23,24)34-14(10-17-15(21)6-2-4-8-30-36(25,26)32-12-19)11-18-16(22)7-3-5-9-31-37(27,28)33-13-20/h14,19-20H,2-13H2,1H3,(H,17,21)(H,18,22)(H,23,24)(H,25,26)(H,27,28). The van der Waals surface area contributed by atoms with Crippen LogP contribution in [0.1, 0.15) is 38.5 Å². The lowest BCUT2D eigenvalue weighted by Gasteiger charge is -2.21. The van der Waals surface area contributed by atoms with Crippen LogP contribution in [-0.2, 0) is 50.4 Å². The van der Waals surface area contributed by atoms with Crippen LogP contribution in [0.5, 0.6) is 0 Å². The molecule has 0 aromatic carbocycles. The Bertz CT molecular complexity index is 763. The Morgan fingerprint density at radius 3 is 1.46 bits per heavy atom. The predicted octanol–water partition coefficient (Wildman–Crippen LogP) is -0.142. The van der Waals surface area contributed by atoms with E-state index in [4.69, 9.17) is 24.5 Å². The first-order valence-corrected chi connectivity index (χ1v) is 15.3. The number of aliphatic hydroxyl groups is 2. The van der Waals surface area contributed by atoms with Crippen LogP contribution < -0.4 is 10.6 Å². The summed E-state index contributed by atoms with van der Waals surface area (Å²) in [6.45, 7) is -2.91. The van der Waals surface area contributed by atoms with Gasteiger partial charge in [-0.25, -0.2) is 13.7 Å². The van der Waals surface area contributed by atoms with Crippen LogP contribution in [0.3, 0.4) is 0 Å². The van der Waals surface area contributed by atoms with Crippen molar-refractivity contribution in [2.24, 2.45) is 0 Å². The lowest BCUT2D eigenvalue weighted by Crippen LogP contribution is -2.41. The van der Waals surface area contributed by atoms with Crippen molar-refractivity contribution in [3.8, 4) is 0 Å². The number of rotatable bonds is 23. The van der Waals surface area contributed by atoms with Crippen LogP contribution in [0.25, 0.3) is 0 Å². The second-order valence-electron chi connectivity index (χ2n) is 7.02. The highest BCUT2D eigenvalue weighted by Gasteiger charge is 2.26. The Hall–Kier alpha value is -0.810. The molecule has 0 bridgehead atoms. The number of amides is 2. The molecule has 0 rings (SSSR count). The van der Waals surface area contributed by atoms with Gasteiger partial charge < -0.3 is 35.5 Å². The predicted molar refractivity (Wildman–Crippen MR) is 123 cm³/mol. The molecule has 0 saturated heterocycles. The van der Waals surface area contributed by atoms with E-state index in [9.17, 15) is 28.2 Å². The molecular weight excluding hydrogens is 569 g/mol. The fraction of sp³-hybridized carbons (Fsp3) is 0.875. The third-order valence-corrected chi connectivity index (χ3v) is 7.04. The Kier molecular flexibility index (Phi) is 18.9. The number of carbonyl (C=O) groups is 2. The molecular formula is C16H35N2O16P3. The lowest BCUT2D eigenvalue weighted by atomic mass is 10.2. The van der Waals surface area contributed by atoms with E-state index in [1.54, 1.807) is 0 Å². The van der Waals surface area contributed by atoms with Crippen molar-refractivity contribution < 1.29 is 75.3 Å². The SMILES string of the molecule is COP(=O)(O)OC(CNC(=O)CCCCOP(=O)(O)OCO)CNC(=O)CCCCOP(=O)(O)OCO. The van der Waals surface area contributed by atoms with Crippen LogP contribution in [-0.4, -0.2) is 89.8 Å². The summed E-state index contributed by atoms with van der Waals surface area (Å²) in [7, 11) is -12.2. The van der Waals surface area contributed by atoms with Crippen LogP contribution in [0.2, 0.25) is 0 Å². The summed E-state index contributed by atoms with van der Waals surface area (Å²) in [5.41, 5.74) is 0. The zero-order valence-electron chi connectivity index (χ0n) is 20.1. The van der Waals surface area contributed by atoms with E-state index in [2.05, 4.69) is 33.3 Å². The number of phosphoric ester groups is 3. The maximum atomic E-state index is 12.0.